The van der Waals surface area contributed by atoms with Crippen molar-refractivity contribution in [2.75, 3.05) is 31.3 Å². The molecule has 0 saturated carbocycles. The van der Waals surface area contributed by atoms with E-state index in [1.165, 1.54) is 23.4 Å². The summed E-state index contributed by atoms with van der Waals surface area (Å²) in [5, 5.41) is 2.58. The minimum Gasteiger partial charge on any atom is -0.495 e. The van der Waals surface area contributed by atoms with Gasteiger partial charge in [-0.1, -0.05) is 40.2 Å². The van der Waals surface area contributed by atoms with Gasteiger partial charge < -0.3 is 15.0 Å². The van der Waals surface area contributed by atoms with Crippen LogP contribution in [0.3, 0.4) is 0 Å². The largest absolute Gasteiger partial charge is 0.495 e. The highest BCUT2D eigenvalue weighted by molar-refractivity contribution is 9.10. The van der Waals surface area contributed by atoms with E-state index in [9.17, 15) is 18.0 Å². The third-order valence-electron chi connectivity index (χ3n) is 5.19. The van der Waals surface area contributed by atoms with E-state index in [-0.39, 0.29) is 37.7 Å². The van der Waals surface area contributed by atoms with Crippen LogP contribution in [0.1, 0.15) is 25.3 Å². The Hall–Kier alpha value is -2.59. The summed E-state index contributed by atoms with van der Waals surface area (Å²) in [6, 6.07) is 13.7. The zero-order valence-corrected chi connectivity index (χ0v) is 21.6. The van der Waals surface area contributed by atoms with E-state index in [4.69, 9.17) is 4.74 Å². The smallest absolute Gasteiger partial charge is 0.242 e. The van der Waals surface area contributed by atoms with E-state index < -0.39 is 16.1 Å². The molecule has 0 unspecified atom stereocenters. The fraction of sp³-hybridized carbons (Fsp3) is 0.391. The Bertz CT molecular complexity index is 1060. The number of likely N-dealkylation sites (N-methyl/N-ethyl adjacent to an activating group) is 1. The predicted octanol–water partition coefficient (Wildman–Crippen LogP) is 3.17. The summed E-state index contributed by atoms with van der Waals surface area (Å²) < 4.78 is 32.3. The van der Waals surface area contributed by atoms with Crippen molar-refractivity contribution in [1.82, 2.24) is 10.2 Å². The number of anilines is 1. The second kappa shape index (κ2) is 12.0. The van der Waals surface area contributed by atoms with Crippen molar-refractivity contribution in [3.8, 4) is 5.75 Å². The molecule has 8 nitrogen and oxygen atoms in total. The van der Waals surface area contributed by atoms with Crippen molar-refractivity contribution in [1.29, 1.82) is 0 Å². The van der Waals surface area contributed by atoms with Gasteiger partial charge in [0.1, 0.15) is 11.8 Å². The zero-order valence-electron chi connectivity index (χ0n) is 19.2. The van der Waals surface area contributed by atoms with E-state index in [0.29, 0.717) is 11.4 Å². The first-order valence-electron chi connectivity index (χ1n) is 10.4. The average Bonchev–Trinajstić information content (AvgIpc) is 2.79. The number of hydrogen-bond donors (Lipinski definition) is 1. The maximum absolute atomic E-state index is 13.1. The fourth-order valence-corrected chi connectivity index (χ4v) is 4.63. The number of sulfonamides is 1. The topological polar surface area (TPSA) is 96.0 Å². The number of carbonyl (C=O) groups is 2. The number of benzene rings is 2. The van der Waals surface area contributed by atoms with Gasteiger partial charge in [-0.05, 0) is 43.2 Å². The molecule has 180 valence electrons. The molecule has 0 aromatic heterocycles. The van der Waals surface area contributed by atoms with E-state index >= 15 is 0 Å². The molecule has 2 amide bonds. The van der Waals surface area contributed by atoms with Crippen molar-refractivity contribution >= 4 is 43.5 Å². The van der Waals surface area contributed by atoms with Crippen LogP contribution in [0.2, 0.25) is 0 Å². The van der Waals surface area contributed by atoms with Gasteiger partial charge in [0.25, 0.3) is 0 Å². The van der Waals surface area contributed by atoms with Crippen molar-refractivity contribution in [2.45, 2.75) is 32.4 Å². The average molecular weight is 540 g/mol. The predicted molar refractivity (Wildman–Crippen MR) is 133 cm³/mol. The lowest BCUT2D eigenvalue weighted by Gasteiger charge is -2.29. The Kier molecular flexibility index (Phi) is 9.72. The number of amides is 2. The van der Waals surface area contributed by atoms with Gasteiger partial charge in [-0.25, -0.2) is 8.42 Å². The molecule has 2 aromatic rings. The summed E-state index contributed by atoms with van der Waals surface area (Å²) in [7, 11) is -0.594. The third-order valence-corrected chi connectivity index (χ3v) is 6.89. The summed E-state index contributed by atoms with van der Waals surface area (Å²) in [4.78, 5) is 26.9. The molecule has 1 atom stereocenters. The first-order valence-corrected chi connectivity index (χ1v) is 13.1. The van der Waals surface area contributed by atoms with Gasteiger partial charge in [-0.15, -0.1) is 0 Å². The highest BCUT2D eigenvalue weighted by atomic mass is 79.9. The SMILES string of the molecule is CNC(=O)[C@@H](C)N(Cc1ccc(Br)cc1)C(=O)CCCN(c1ccccc1OC)S(C)(=O)=O. The number of carbonyl (C=O) groups excluding carboxylic acids is 2. The molecular weight excluding hydrogens is 510 g/mol. The maximum atomic E-state index is 13.1. The lowest BCUT2D eigenvalue weighted by Crippen LogP contribution is -2.46. The molecule has 0 aliphatic heterocycles. The van der Waals surface area contributed by atoms with Crippen LogP contribution in [0.4, 0.5) is 5.69 Å². The molecule has 0 heterocycles. The molecule has 33 heavy (non-hydrogen) atoms. The van der Waals surface area contributed by atoms with Gasteiger partial charge in [0.2, 0.25) is 21.8 Å². The Balaban J connectivity index is 2.16. The molecular formula is C23H30BrN3O5S. The van der Waals surface area contributed by atoms with Gasteiger partial charge in [0.05, 0.1) is 19.1 Å². The normalized spacial score (nSPS) is 12.0. The Morgan fingerprint density at radius 3 is 2.33 bits per heavy atom. The van der Waals surface area contributed by atoms with E-state index in [2.05, 4.69) is 21.2 Å². The highest BCUT2D eigenvalue weighted by Gasteiger charge is 2.26. The van der Waals surface area contributed by atoms with Gasteiger partial charge >= 0.3 is 0 Å². The molecule has 0 radical (unpaired) electrons. The van der Waals surface area contributed by atoms with Gasteiger partial charge in [0, 0.05) is 31.0 Å². The molecule has 0 spiro atoms. The van der Waals surface area contributed by atoms with Crippen molar-refractivity contribution in [3.63, 3.8) is 0 Å². The lowest BCUT2D eigenvalue weighted by molar-refractivity contribution is -0.140. The van der Waals surface area contributed by atoms with E-state index in [0.717, 1.165) is 16.3 Å². The minimum atomic E-state index is -3.60. The summed E-state index contributed by atoms with van der Waals surface area (Å²) in [5.74, 6) is -0.0749. The van der Waals surface area contributed by atoms with Crippen LogP contribution in [0.15, 0.2) is 53.0 Å². The number of methoxy groups -OCH3 is 1. The van der Waals surface area contributed by atoms with Crippen LogP contribution in [0, 0.1) is 0 Å². The fourth-order valence-electron chi connectivity index (χ4n) is 3.40. The van der Waals surface area contributed by atoms with Gasteiger partial charge in [-0.3, -0.25) is 13.9 Å². The Morgan fingerprint density at radius 1 is 1.12 bits per heavy atom. The molecule has 0 bridgehead atoms. The summed E-state index contributed by atoms with van der Waals surface area (Å²) in [5.41, 5.74) is 1.30. The van der Waals surface area contributed by atoms with Crippen LogP contribution in [-0.4, -0.2) is 58.1 Å². The Morgan fingerprint density at radius 2 is 1.76 bits per heavy atom. The standard InChI is InChI=1S/C23H30BrN3O5S/c1-17(23(29)25-2)26(16-18-11-13-19(24)14-12-18)22(28)10-7-15-27(33(4,30)31)20-8-5-6-9-21(20)32-3/h5-6,8-9,11-14,17H,7,10,15-16H2,1-4H3,(H,25,29)/t17-/m1/s1. The lowest BCUT2D eigenvalue weighted by atomic mass is 10.1. The van der Waals surface area contributed by atoms with Crippen LogP contribution in [-0.2, 0) is 26.2 Å². The number of rotatable bonds is 11. The zero-order chi connectivity index (χ0) is 24.6. The molecule has 10 heteroatoms. The minimum absolute atomic E-state index is 0.0824. The van der Waals surface area contributed by atoms with Crippen LogP contribution >= 0.6 is 15.9 Å². The van der Waals surface area contributed by atoms with Crippen molar-refractivity contribution < 1.29 is 22.7 Å². The van der Waals surface area contributed by atoms with Crippen molar-refractivity contribution in [2.24, 2.45) is 0 Å². The molecule has 0 aliphatic rings. The molecule has 0 saturated heterocycles. The second-order valence-corrected chi connectivity index (χ2v) is 10.4. The number of nitrogens with zero attached hydrogens (tertiary/aromatic N) is 2. The summed E-state index contributed by atoms with van der Waals surface area (Å²) in [6.45, 7) is 2.04. The molecule has 2 aromatic carbocycles. The van der Waals surface area contributed by atoms with Crippen LogP contribution in [0.5, 0.6) is 5.75 Å². The monoisotopic (exact) mass is 539 g/mol. The van der Waals surface area contributed by atoms with Gasteiger partial charge in [-0.2, -0.15) is 0 Å². The van der Waals surface area contributed by atoms with Gasteiger partial charge in [0.15, 0.2) is 0 Å². The molecule has 0 fully saturated rings. The van der Waals surface area contributed by atoms with E-state index in [1.807, 2.05) is 24.3 Å². The summed E-state index contributed by atoms with van der Waals surface area (Å²) >= 11 is 3.39. The first kappa shape index (κ1) is 26.7. The summed E-state index contributed by atoms with van der Waals surface area (Å²) in [6.07, 6.45) is 1.48. The van der Waals surface area contributed by atoms with E-state index in [1.54, 1.807) is 31.2 Å². The molecule has 0 aliphatic carbocycles. The van der Waals surface area contributed by atoms with Crippen LogP contribution in [0.25, 0.3) is 0 Å². The number of hydrogen-bond acceptors (Lipinski definition) is 5. The first-order chi connectivity index (χ1) is 15.6. The number of para-hydroxylation sites is 2. The second-order valence-electron chi connectivity index (χ2n) is 7.55. The maximum Gasteiger partial charge on any atom is 0.242 e. The third kappa shape index (κ3) is 7.46. The Labute approximate surface area is 204 Å². The number of nitrogens with one attached hydrogen (secondary N) is 1. The number of halogens is 1. The van der Waals surface area contributed by atoms with Crippen molar-refractivity contribution in [3.05, 3.63) is 58.6 Å². The number of ether oxygens (including phenoxy) is 1. The quantitative estimate of drug-likeness (QED) is 0.473. The molecule has 1 N–H and O–H groups in total. The van der Waals surface area contributed by atoms with Crippen LogP contribution < -0.4 is 14.4 Å². The highest BCUT2D eigenvalue weighted by Crippen LogP contribution is 2.29. The molecule has 2 rings (SSSR count).